The average molecular weight is 270 g/mol. The summed E-state index contributed by atoms with van der Waals surface area (Å²) in [6.45, 7) is 5.40. The minimum Gasteiger partial charge on any atom is -0.485 e. The lowest BCUT2D eigenvalue weighted by Crippen LogP contribution is -2.52. The minimum absolute atomic E-state index is 0.562. The molecule has 0 fully saturated rings. The molecule has 0 radical (unpaired) electrons. The van der Waals surface area contributed by atoms with Gasteiger partial charge in [-0.05, 0) is 0 Å². The van der Waals surface area contributed by atoms with Crippen LogP contribution in [0.4, 0.5) is 0 Å². The molecular weight excluding hydrogens is 256 g/mol. The van der Waals surface area contributed by atoms with E-state index in [1.807, 2.05) is 0 Å². The highest BCUT2D eigenvalue weighted by Crippen LogP contribution is 2.16. The van der Waals surface area contributed by atoms with Crippen molar-refractivity contribution >= 4 is 29.1 Å². The largest absolute Gasteiger partial charge is 0.485 e. The van der Waals surface area contributed by atoms with Gasteiger partial charge in [-0.25, -0.2) is 0 Å². The van der Waals surface area contributed by atoms with Crippen LogP contribution in [0.2, 0.25) is 13.1 Å². The Morgan fingerprint density at radius 3 is 1.41 bits per heavy atom. The summed E-state index contributed by atoms with van der Waals surface area (Å²) >= 11 is 0. The summed E-state index contributed by atoms with van der Waals surface area (Å²) in [5, 5.41) is 0. The number of hydrogen-bond acceptors (Lipinski definition) is 5. The molecule has 0 aliphatic rings. The van der Waals surface area contributed by atoms with Gasteiger partial charge < -0.3 is 13.0 Å². The molecule has 0 aromatic carbocycles. The quantitative estimate of drug-likeness (QED) is 0.553. The van der Waals surface area contributed by atoms with Gasteiger partial charge in [-0.1, -0.05) is 11.1 Å². The Kier molecular flexibility index (Phi) is 5.17. The van der Waals surface area contributed by atoms with E-state index in [0.29, 0.717) is 0 Å². The fourth-order valence-electron chi connectivity index (χ4n) is 1.08. The molecule has 0 heterocycles. The maximum absolute atomic E-state index is 10.9. The lowest BCUT2D eigenvalue weighted by atomic mass is 10.9. The van der Waals surface area contributed by atoms with E-state index in [0.717, 1.165) is 0 Å². The summed E-state index contributed by atoms with van der Waals surface area (Å²) in [6.07, 6.45) is 10.5. The van der Waals surface area contributed by atoms with Gasteiger partial charge in [0.15, 0.2) is 0 Å². The van der Waals surface area contributed by atoms with E-state index in [9.17, 15) is 9.59 Å². The molecule has 2 atom stereocenters. The smallest absolute Gasteiger partial charge is 0.476 e. The topological polar surface area (TPSA) is 61.8 Å². The number of carbonyl (C=O) groups is 2. The van der Waals surface area contributed by atoms with Crippen molar-refractivity contribution in [2.45, 2.75) is 26.9 Å². The number of terminal acetylenes is 2. The van der Waals surface area contributed by atoms with Crippen LogP contribution in [0.1, 0.15) is 13.8 Å². The molecule has 0 saturated carbocycles. The van der Waals surface area contributed by atoms with Gasteiger partial charge in [0.25, 0.3) is 11.9 Å². The van der Waals surface area contributed by atoms with E-state index in [-0.39, 0.29) is 0 Å². The third kappa shape index (κ3) is 5.36. The van der Waals surface area contributed by atoms with Crippen molar-refractivity contribution in [1.29, 1.82) is 0 Å². The molecule has 0 aromatic heterocycles. The molecule has 2 unspecified atom stereocenters. The SMILES string of the molecule is C#C[Si](C)(OC(C)=O)O[Si](C)(C#C)OC(C)=O. The Bertz CT molecular complexity index is 370. The van der Waals surface area contributed by atoms with Crippen molar-refractivity contribution in [2.75, 3.05) is 0 Å². The Labute approximate surface area is 103 Å². The van der Waals surface area contributed by atoms with E-state index < -0.39 is 29.1 Å². The molecule has 5 nitrogen and oxygen atoms in total. The van der Waals surface area contributed by atoms with E-state index in [2.05, 4.69) is 11.1 Å². The van der Waals surface area contributed by atoms with Gasteiger partial charge in [0.1, 0.15) is 0 Å². The highest BCUT2D eigenvalue weighted by molar-refractivity contribution is 6.88. The van der Waals surface area contributed by atoms with Gasteiger partial charge in [-0.3, -0.25) is 9.59 Å². The molecule has 0 rings (SSSR count). The molecule has 0 saturated heterocycles. The van der Waals surface area contributed by atoms with Crippen LogP contribution < -0.4 is 0 Å². The maximum Gasteiger partial charge on any atom is 0.476 e. The molecule has 17 heavy (non-hydrogen) atoms. The second-order valence-corrected chi connectivity index (χ2v) is 9.05. The summed E-state index contributed by atoms with van der Waals surface area (Å²) in [5.74, 6) is -1.12. The van der Waals surface area contributed by atoms with Gasteiger partial charge >= 0.3 is 17.1 Å². The highest BCUT2D eigenvalue weighted by atomic mass is 28.5. The van der Waals surface area contributed by atoms with Crippen molar-refractivity contribution in [3.05, 3.63) is 0 Å². The molecule has 0 aliphatic heterocycles. The van der Waals surface area contributed by atoms with E-state index in [1.54, 1.807) is 0 Å². The summed E-state index contributed by atoms with van der Waals surface area (Å²) in [5.41, 5.74) is 4.59. The average Bonchev–Trinajstić information content (AvgIpc) is 2.15. The van der Waals surface area contributed by atoms with E-state index in [1.165, 1.54) is 26.9 Å². The zero-order chi connectivity index (χ0) is 13.7. The number of hydrogen-bond donors (Lipinski definition) is 0. The van der Waals surface area contributed by atoms with Crippen molar-refractivity contribution in [3.63, 3.8) is 0 Å². The first-order valence-corrected chi connectivity index (χ1v) is 9.34. The van der Waals surface area contributed by atoms with Crippen LogP contribution >= 0.6 is 0 Å². The van der Waals surface area contributed by atoms with Crippen LogP contribution in [0.25, 0.3) is 0 Å². The molecular formula is C10H14O5Si2. The predicted molar refractivity (Wildman–Crippen MR) is 65.5 cm³/mol. The molecule has 7 heteroatoms. The second kappa shape index (κ2) is 5.68. The van der Waals surface area contributed by atoms with Gasteiger partial charge in [-0.15, -0.1) is 12.8 Å². The van der Waals surface area contributed by atoms with Crippen molar-refractivity contribution in [1.82, 2.24) is 0 Å². The molecule has 0 aliphatic carbocycles. The minimum atomic E-state index is -3.19. The van der Waals surface area contributed by atoms with Gasteiger partial charge in [-0.2, -0.15) is 0 Å². The van der Waals surface area contributed by atoms with Crippen LogP contribution in [0, 0.1) is 23.9 Å². The normalized spacial score (nSPS) is 16.6. The summed E-state index contributed by atoms with van der Waals surface area (Å²) in [7, 11) is -6.38. The zero-order valence-corrected chi connectivity index (χ0v) is 12.2. The molecule has 0 spiro atoms. The monoisotopic (exact) mass is 270 g/mol. The molecule has 92 valence electrons. The Morgan fingerprint density at radius 1 is 0.941 bits per heavy atom. The third-order valence-corrected chi connectivity index (χ3v) is 7.11. The summed E-state index contributed by atoms with van der Waals surface area (Å²) < 4.78 is 15.4. The number of carbonyl (C=O) groups excluding carboxylic acids is 2. The first-order chi connectivity index (χ1) is 7.66. The van der Waals surface area contributed by atoms with Crippen LogP contribution in [-0.2, 0) is 22.6 Å². The van der Waals surface area contributed by atoms with Crippen molar-refractivity contribution in [3.8, 4) is 23.9 Å². The predicted octanol–water partition coefficient (Wildman–Crippen LogP) is 0.618. The van der Waals surface area contributed by atoms with Gasteiger partial charge in [0.05, 0.1) is 0 Å². The van der Waals surface area contributed by atoms with Gasteiger partial charge in [0.2, 0.25) is 0 Å². The lowest BCUT2D eigenvalue weighted by Gasteiger charge is -2.28. The molecule has 0 amide bonds. The van der Waals surface area contributed by atoms with Crippen molar-refractivity contribution < 1.29 is 22.6 Å². The Morgan fingerprint density at radius 2 is 1.24 bits per heavy atom. The van der Waals surface area contributed by atoms with Crippen LogP contribution in [0.5, 0.6) is 0 Å². The van der Waals surface area contributed by atoms with Crippen LogP contribution in [0.15, 0.2) is 0 Å². The summed E-state index contributed by atoms with van der Waals surface area (Å²) in [6, 6.07) is 0. The second-order valence-electron chi connectivity index (χ2n) is 3.47. The van der Waals surface area contributed by atoms with Crippen LogP contribution in [0.3, 0.4) is 0 Å². The van der Waals surface area contributed by atoms with Gasteiger partial charge in [0, 0.05) is 26.9 Å². The fraction of sp³-hybridized carbons (Fsp3) is 0.400. The van der Waals surface area contributed by atoms with Crippen molar-refractivity contribution in [2.24, 2.45) is 0 Å². The van der Waals surface area contributed by atoms with E-state index >= 15 is 0 Å². The zero-order valence-electron chi connectivity index (χ0n) is 10.2. The first-order valence-electron chi connectivity index (χ1n) is 4.71. The van der Waals surface area contributed by atoms with Crippen LogP contribution in [-0.4, -0.2) is 29.1 Å². The standard InChI is InChI=1S/C10H14O5Si2/c1-7-16(5,13-9(3)11)15-17(6,8-2)14-10(4)12/h1-2H,3-6H3. The lowest BCUT2D eigenvalue weighted by molar-refractivity contribution is -0.133. The fourth-order valence-corrected chi connectivity index (χ4v) is 6.07. The maximum atomic E-state index is 10.9. The molecule has 0 N–H and O–H groups in total. The summed E-state index contributed by atoms with van der Waals surface area (Å²) in [4.78, 5) is 21.8. The third-order valence-electron chi connectivity index (χ3n) is 1.59. The number of rotatable bonds is 4. The highest BCUT2D eigenvalue weighted by Gasteiger charge is 2.46. The first kappa shape index (κ1) is 15.5. The molecule has 0 bridgehead atoms. The Hall–Kier alpha value is -1.55. The van der Waals surface area contributed by atoms with E-state index in [4.69, 9.17) is 25.8 Å². The molecule has 0 aromatic rings. The Balaban J connectivity index is 4.99.